The molecule has 0 bridgehead atoms. The Morgan fingerprint density at radius 1 is 1.35 bits per heavy atom. The van der Waals surface area contributed by atoms with E-state index in [9.17, 15) is 0 Å². The molecule has 1 aliphatic carbocycles. The number of nitrogens with one attached hydrogen (secondary N) is 1. The van der Waals surface area contributed by atoms with E-state index < -0.39 is 0 Å². The average Bonchev–Trinajstić information content (AvgIpc) is 3.21. The van der Waals surface area contributed by atoms with Crippen molar-refractivity contribution in [2.75, 3.05) is 20.1 Å². The van der Waals surface area contributed by atoms with Crippen molar-refractivity contribution in [1.82, 2.24) is 10.2 Å². The second-order valence-corrected chi connectivity index (χ2v) is 5.56. The summed E-state index contributed by atoms with van der Waals surface area (Å²) in [5, 5.41) is 4.13. The largest absolute Gasteiger partial charge is 0.357 e. The second kappa shape index (κ2) is 8.72. The van der Waals surface area contributed by atoms with Crippen molar-refractivity contribution in [3.8, 4) is 0 Å². The molecule has 1 aliphatic rings. The number of hydrogen-bond acceptors (Lipinski definition) is 1. The highest BCUT2D eigenvalue weighted by Gasteiger charge is 2.21. The molecule has 0 saturated heterocycles. The molecule has 1 aromatic rings. The Hall–Kier alpha value is -0.490. The standard InChI is InChI=1S/C15H22ClN3.HI/c1-3-17-15(18-10-12-4-5-12)19(2)11-13-6-8-14(16)9-7-13;/h6-9,12H,3-5,10-11H2,1-2H3,(H,17,18);1H. The van der Waals surface area contributed by atoms with E-state index in [0.717, 1.165) is 36.5 Å². The summed E-state index contributed by atoms with van der Waals surface area (Å²) in [6.45, 7) is 4.79. The maximum Gasteiger partial charge on any atom is 0.193 e. The third-order valence-electron chi connectivity index (χ3n) is 3.23. The Balaban J connectivity index is 0.00000200. The van der Waals surface area contributed by atoms with Crippen LogP contribution in [0.15, 0.2) is 29.3 Å². The molecule has 0 atom stereocenters. The van der Waals surface area contributed by atoms with Crippen LogP contribution in [0, 0.1) is 5.92 Å². The summed E-state index contributed by atoms with van der Waals surface area (Å²) >= 11 is 5.90. The van der Waals surface area contributed by atoms with Crippen LogP contribution in [0.25, 0.3) is 0 Å². The zero-order valence-corrected chi connectivity index (χ0v) is 15.2. The minimum atomic E-state index is 0. The van der Waals surface area contributed by atoms with Gasteiger partial charge in [-0.2, -0.15) is 0 Å². The molecule has 0 heterocycles. The van der Waals surface area contributed by atoms with Crippen molar-refractivity contribution in [3.05, 3.63) is 34.9 Å². The van der Waals surface area contributed by atoms with Crippen molar-refractivity contribution >= 4 is 41.5 Å². The smallest absolute Gasteiger partial charge is 0.193 e. The molecule has 0 amide bonds. The first-order valence-corrected chi connectivity index (χ1v) is 7.30. The summed E-state index contributed by atoms with van der Waals surface area (Å²) in [5.74, 6) is 1.81. The molecule has 0 spiro atoms. The molecular weight excluding hydrogens is 385 g/mol. The zero-order valence-electron chi connectivity index (χ0n) is 12.1. The normalized spacial score (nSPS) is 14.7. The third-order valence-corrected chi connectivity index (χ3v) is 3.48. The van der Waals surface area contributed by atoms with Crippen molar-refractivity contribution in [2.24, 2.45) is 10.9 Å². The maximum atomic E-state index is 5.90. The zero-order chi connectivity index (χ0) is 13.7. The van der Waals surface area contributed by atoms with Gasteiger partial charge in [-0.25, -0.2) is 0 Å². The molecule has 1 aromatic carbocycles. The highest BCUT2D eigenvalue weighted by Crippen LogP contribution is 2.28. The van der Waals surface area contributed by atoms with Gasteiger partial charge in [-0.15, -0.1) is 24.0 Å². The van der Waals surface area contributed by atoms with Crippen molar-refractivity contribution in [3.63, 3.8) is 0 Å². The average molecular weight is 408 g/mol. The van der Waals surface area contributed by atoms with E-state index in [1.165, 1.54) is 18.4 Å². The minimum Gasteiger partial charge on any atom is -0.357 e. The number of hydrogen-bond donors (Lipinski definition) is 1. The van der Waals surface area contributed by atoms with Gasteiger partial charge in [0.15, 0.2) is 5.96 Å². The molecule has 0 radical (unpaired) electrons. The molecule has 3 nitrogen and oxygen atoms in total. The molecule has 2 rings (SSSR count). The molecule has 0 aromatic heterocycles. The van der Waals surface area contributed by atoms with Crippen LogP contribution in [-0.2, 0) is 6.54 Å². The quantitative estimate of drug-likeness (QED) is 0.457. The number of benzene rings is 1. The van der Waals surface area contributed by atoms with Gasteiger partial charge in [0.1, 0.15) is 0 Å². The monoisotopic (exact) mass is 407 g/mol. The highest BCUT2D eigenvalue weighted by molar-refractivity contribution is 14.0. The Bertz CT molecular complexity index is 429. The van der Waals surface area contributed by atoms with Gasteiger partial charge in [0.2, 0.25) is 0 Å². The lowest BCUT2D eigenvalue weighted by atomic mass is 10.2. The fourth-order valence-electron chi connectivity index (χ4n) is 1.92. The van der Waals surface area contributed by atoms with E-state index in [-0.39, 0.29) is 24.0 Å². The predicted molar refractivity (Wildman–Crippen MR) is 97.0 cm³/mol. The summed E-state index contributed by atoms with van der Waals surface area (Å²) in [5.41, 5.74) is 1.24. The molecule has 5 heteroatoms. The SMILES string of the molecule is CCNC(=NCC1CC1)N(C)Cc1ccc(Cl)cc1.I. The lowest BCUT2D eigenvalue weighted by Crippen LogP contribution is -2.38. The summed E-state index contributed by atoms with van der Waals surface area (Å²) in [6, 6.07) is 7.98. The van der Waals surface area contributed by atoms with Crippen LogP contribution < -0.4 is 5.32 Å². The lowest BCUT2D eigenvalue weighted by Gasteiger charge is -2.22. The molecule has 1 fully saturated rings. The molecule has 20 heavy (non-hydrogen) atoms. The lowest BCUT2D eigenvalue weighted by molar-refractivity contribution is 0.476. The maximum absolute atomic E-state index is 5.90. The number of nitrogens with zero attached hydrogens (tertiary/aromatic N) is 2. The van der Waals surface area contributed by atoms with Gasteiger partial charge in [-0.3, -0.25) is 4.99 Å². The summed E-state index contributed by atoms with van der Waals surface area (Å²) in [6.07, 6.45) is 2.67. The van der Waals surface area contributed by atoms with Crippen LogP contribution in [0.4, 0.5) is 0 Å². The van der Waals surface area contributed by atoms with E-state index in [1.54, 1.807) is 0 Å². The molecular formula is C15H23ClIN3. The van der Waals surface area contributed by atoms with Crippen molar-refractivity contribution < 1.29 is 0 Å². The number of aliphatic imine (C=N–C) groups is 1. The summed E-state index contributed by atoms with van der Waals surface area (Å²) in [4.78, 5) is 6.86. The van der Waals surface area contributed by atoms with Crippen LogP contribution in [-0.4, -0.2) is 31.0 Å². The van der Waals surface area contributed by atoms with Crippen LogP contribution >= 0.6 is 35.6 Å². The molecule has 0 aliphatic heterocycles. The van der Waals surface area contributed by atoms with E-state index >= 15 is 0 Å². The van der Waals surface area contributed by atoms with Gasteiger partial charge in [-0.1, -0.05) is 23.7 Å². The van der Waals surface area contributed by atoms with E-state index in [0.29, 0.717) is 0 Å². The van der Waals surface area contributed by atoms with Crippen molar-refractivity contribution in [2.45, 2.75) is 26.3 Å². The first kappa shape index (κ1) is 17.6. The van der Waals surface area contributed by atoms with Gasteiger partial charge in [0.05, 0.1) is 0 Å². The van der Waals surface area contributed by atoms with Crippen LogP contribution in [0.5, 0.6) is 0 Å². The van der Waals surface area contributed by atoms with Crippen molar-refractivity contribution in [1.29, 1.82) is 0 Å². The van der Waals surface area contributed by atoms with Gasteiger partial charge in [0.25, 0.3) is 0 Å². The van der Waals surface area contributed by atoms with E-state index in [1.807, 2.05) is 12.1 Å². The second-order valence-electron chi connectivity index (χ2n) is 5.12. The molecule has 112 valence electrons. The van der Waals surface area contributed by atoms with Gasteiger partial charge in [-0.05, 0) is 43.4 Å². The number of guanidine groups is 1. The van der Waals surface area contributed by atoms with Gasteiger partial charge < -0.3 is 10.2 Å². The van der Waals surface area contributed by atoms with E-state index in [4.69, 9.17) is 16.6 Å². The number of rotatable bonds is 5. The summed E-state index contributed by atoms with van der Waals surface area (Å²) in [7, 11) is 2.07. The fourth-order valence-corrected chi connectivity index (χ4v) is 2.05. The summed E-state index contributed by atoms with van der Waals surface area (Å²) < 4.78 is 0. The third kappa shape index (κ3) is 5.87. The first-order valence-electron chi connectivity index (χ1n) is 6.93. The Labute approximate surface area is 143 Å². The van der Waals surface area contributed by atoms with E-state index in [2.05, 4.69) is 36.3 Å². The molecule has 1 saturated carbocycles. The minimum absolute atomic E-state index is 0. The molecule has 0 unspecified atom stereocenters. The predicted octanol–water partition coefficient (Wildman–Crippen LogP) is 3.77. The van der Waals surface area contributed by atoms with Crippen LogP contribution in [0.2, 0.25) is 5.02 Å². The van der Waals surface area contributed by atoms with Crippen LogP contribution in [0.1, 0.15) is 25.3 Å². The topological polar surface area (TPSA) is 27.6 Å². The van der Waals surface area contributed by atoms with Gasteiger partial charge in [0, 0.05) is 31.7 Å². The Kier molecular flexibility index (Phi) is 7.66. The highest BCUT2D eigenvalue weighted by atomic mass is 127. The van der Waals surface area contributed by atoms with Crippen LogP contribution in [0.3, 0.4) is 0 Å². The number of halogens is 2. The fraction of sp³-hybridized carbons (Fsp3) is 0.533. The Morgan fingerprint density at radius 2 is 2.00 bits per heavy atom. The Morgan fingerprint density at radius 3 is 2.55 bits per heavy atom. The molecule has 1 N–H and O–H groups in total. The first-order chi connectivity index (χ1) is 9.19. The van der Waals surface area contributed by atoms with Gasteiger partial charge >= 0.3 is 0 Å².